The lowest BCUT2D eigenvalue weighted by molar-refractivity contribution is -0.197. The molecule has 1 aliphatic heterocycles. The molecule has 2 aromatic rings. The maximum atomic E-state index is 14.2. The van der Waals surface area contributed by atoms with E-state index in [9.17, 15) is 23.1 Å². The first-order valence-electron chi connectivity index (χ1n) is 13.0. The fraction of sp³-hybridized carbons (Fsp3) is 0.571. The Morgan fingerprint density at radius 3 is 2.54 bits per heavy atom. The Morgan fingerprint density at radius 2 is 1.97 bits per heavy atom. The third kappa shape index (κ3) is 4.50. The highest BCUT2D eigenvalue weighted by atomic mass is 19.4. The van der Waals surface area contributed by atoms with Gasteiger partial charge in [-0.3, -0.25) is 14.7 Å². The summed E-state index contributed by atoms with van der Waals surface area (Å²) in [5.41, 5.74) is 2.74. The minimum atomic E-state index is -4.65. The molecule has 1 saturated carbocycles. The number of fused-ring (bicyclic) bond motifs is 1. The van der Waals surface area contributed by atoms with E-state index in [4.69, 9.17) is 0 Å². The Bertz CT molecular complexity index is 1140. The number of amides is 1. The molecule has 3 aliphatic rings. The van der Waals surface area contributed by atoms with E-state index in [1.54, 1.807) is 6.07 Å². The molecule has 5 rings (SSSR count). The molecule has 37 heavy (non-hydrogen) atoms. The summed E-state index contributed by atoms with van der Waals surface area (Å²) in [7, 11) is 1.23. The van der Waals surface area contributed by atoms with Crippen LogP contribution in [-0.4, -0.2) is 70.3 Å². The van der Waals surface area contributed by atoms with E-state index in [0.29, 0.717) is 25.1 Å². The Hall–Kier alpha value is -2.65. The topological polar surface area (TPSA) is 68.7 Å². The molecule has 1 amide bonds. The van der Waals surface area contributed by atoms with Gasteiger partial charge in [0.2, 0.25) is 5.91 Å². The smallest absolute Gasteiger partial charge is 0.395 e. The van der Waals surface area contributed by atoms with Crippen molar-refractivity contribution in [3.05, 3.63) is 59.4 Å². The van der Waals surface area contributed by atoms with E-state index in [2.05, 4.69) is 41.2 Å². The fourth-order valence-electron chi connectivity index (χ4n) is 6.63. The summed E-state index contributed by atoms with van der Waals surface area (Å²) in [5, 5.41) is 12.7. The Morgan fingerprint density at radius 1 is 1.24 bits per heavy atom. The van der Waals surface area contributed by atoms with E-state index in [1.165, 1.54) is 30.4 Å². The van der Waals surface area contributed by atoms with Crippen LogP contribution in [0.15, 0.2) is 42.6 Å². The maximum Gasteiger partial charge on any atom is 0.414 e. The van der Waals surface area contributed by atoms with Gasteiger partial charge in [-0.05, 0) is 48.9 Å². The second kappa shape index (κ2) is 9.27. The van der Waals surface area contributed by atoms with Crippen LogP contribution in [0, 0.1) is 5.92 Å². The van der Waals surface area contributed by atoms with Crippen molar-refractivity contribution in [2.24, 2.45) is 5.92 Å². The van der Waals surface area contributed by atoms with Crippen LogP contribution in [0.5, 0.6) is 0 Å². The lowest BCUT2D eigenvalue weighted by Crippen LogP contribution is -2.68. The van der Waals surface area contributed by atoms with Gasteiger partial charge in [-0.15, -0.1) is 0 Å². The number of β-amino-alcohol motifs (C(OH)–C–C–N with tert-alkyl or cyclic N) is 1. The van der Waals surface area contributed by atoms with E-state index < -0.39 is 24.0 Å². The molecule has 2 heterocycles. The maximum absolute atomic E-state index is 14.2. The lowest BCUT2D eigenvalue weighted by Gasteiger charge is -2.61. The molecule has 2 atom stereocenters. The van der Waals surface area contributed by atoms with E-state index in [1.807, 2.05) is 12.1 Å². The van der Waals surface area contributed by atoms with Gasteiger partial charge in [0.05, 0.1) is 24.2 Å². The van der Waals surface area contributed by atoms with Crippen molar-refractivity contribution in [2.45, 2.75) is 68.7 Å². The second-order valence-electron chi connectivity index (χ2n) is 11.4. The van der Waals surface area contributed by atoms with Crippen LogP contribution >= 0.6 is 0 Å². The van der Waals surface area contributed by atoms with Gasteiger partial charge in [0, 0.05) is 43.1 Å². The standard InChI is InChI=1S/C28H35F3N4O2/c1-26(2)21-7-5-4-6-18(21)14-23(26)33-20-8-9-22(32-17-20)24(28(29,30)31)34(3)25(37)19-15-27(16-19)10-11-35(27)12-13-36/h4-9,17,19,23-24,33,36H,10-16H2,1-3H3. The summed E-state index contributed by atoms with van der Waals surface area (Å²) in [6, 6.07) is 9.25. The van der Waals surface area contributed by atoms with Gasteiger partial charge in [0.25, 0.3) is 0 Å². The highest BCUT2D eigenvalue weighted by Crippen LogP contribution is 2.51. The number of hydrogen-bond acceptors (Lipinski definition) is 5. The number of carbonyl (C=O) groups is 1. The Labute approximate surface area is 215 Å². The molecule has 6 nitrogen and oxygen atoms in total. The van der Waals surface area contributed by atoms with Crippen LogP contribution in [-0.2, 0) is 16.6 Å². The zero-order chi connectivity index (χ0) is 26.6. The molecule has 2 N–H and O–H groups in total. The average molecular weight is 517 g/mol. The Kier molecular flexibility index (Phi) is 6.51. The Balaban J connectivity index is 1.27. The number of aromatic nitrogens is 1. The van der Waals surface area contributed by atoms with Gasteiger partial charge in [-0.2, -0.15) is 13.2 Å². The van der Waals surface area contributed by atoms with Gasteiger partial charge < -0.3 is 15.3 Å². The number of alkyl halides is 3. The number of rotatable bonds is 7. The number of aliphatic hydroxyl groups is 1. The zero-order valence-electron chi connectivity index (χ0n) is 21.6. The van der Waals surface area contributed by atoms with Crippen LogP contribution in [0.3, 0.4) is 0 Å². The molecule has 9 heteroatoms. The molecule has 1 aromatic carbocycles. The second-order valence-corrected chi connectivity index (χ2v) is 11.4. The third-order valence-electron chi connectivity index (χ3n) is 8.95. The summed E-state index contributed by atoms with van der Waals surface area (Å²) in [4.78, 5) is 20.2. The van der Waals surface area contributed by atoms with E-state index in [-0.39, 0.29) is 29.3 Å². The molecule has 0 bridgehead atoms. The summed E-state index contributed by atoms with van der Waals surface area (Å²) in [6.07, 6.45) is -0.394. The third-order valence-corrected chi connectivity index (χ3v) is 8.95. The molecule has 2 unspecified atom stereocenters. The highest BCUT2D eigenvalue weighted by Gasteiger charge is 2.57. The quantitative estimate of drug-likeness (QED) is 0.574. The molecule has 0 radical (unpaired) electrons. The fourth-order valence-corrected chi connectivity index (χ4v) is 6.63. The van der Waals surface area contributed by atoms with E-state index in [0.717, 1.165) is 24.3 Å². The average Bonchev–Trinajstić information content (AvgIpc) is 3.06. The molecule has 1 spiro atoms. The zero-order valence-corrected chi connectivity index (χ0v) is 21.6. The number of carbonyl (C=O) groups excluding carboxylic acids is 1. The van der Waals surface area contributed by atoms with Crippen molar-refractivity contribution in [3.8, 4) is 0 Å². The number of benzene rings is 1. The predicted octanol–water partition coefficient (Wildman–Crippen LogP) is 4.30. The molecule has 200 valence electrons. The number of nitrogens with one attached hydrogen (secondary N) is 1. The van der Waals surface area contributed by atoms with Crippen LogP contribution in [0.4, 0.5) is 18.9 Å². The van der Waals surface area contributed by atoms with Gasteiger partial charge in [0.1, 0.15) is 0 Å². The monoisotopic (exact) mass is 516 g/mol. The summed E-state index contributed by atoms with van der Waals surface area (Å²) >= 11 is 0. The summed E-state index contributed by atoms with van der Waals surface area (Å²) < 4.78 is 42.6. The van der Waals surface area contributed by atoms with Crippen LogP contribution in [0.1, 0.15) is 56.0 Å². The van der Waals surface area contributed by atoms with Crippen LogP contribution in [0.2, 0.25) is 0 Å². The van der Waals surface area contributed by atoms with Crippen molar-refractivity contribution in [1.82, 2.24) is 14.8 Å². The van der Waals surface area contributed by atoms with Crippen molar-refractivity contribution in [3.63, 3.8) is 0 Å². The number of pyridine rings is 1. The number of halogens is 3. The number of nitrogens with zero attached hydrogens (tertiary/aromatic N) is 3. The molecular weight excluding hydrogens is 481 g/mol. The number of hydrogen-bond donors (Lipinski definition) is 2. The van der Waals surface area contributed by atoms with Crippen molar-refractivity contribution < 1.29 is 23.1 Å². The SMILES string of the molecule is CN(C(=O)C1CC2(CCN2CCO)C1)C(c1ccc(NC2Cc3ccccc3C2(C)C)cn1)C(F)(F)F. The number of anilines is 1. The first-order chi connectivity index (χ1) is 17.5. The first-order valence-corrected chi connectivity index (χ1v) is 13.0. The van der Waals surface area contributed by atoms with Crippen molar-refractivity contribution >= 4 is 11.6 Å². The van der Waals surface area contributed by atoms with Gasteiger partial charge in [0.15, 0.2) is 6.04 Å². The highest BCUT2D eigenvalue weighted by molar-refractivity contribution is 5.80. The predicted molar refractivity (Wildman–Crippen MR) is 135 cm³/mol. The molecule has 2 aliphatic carbocycles. The van der Waals surface area contributed by atoms with Gasteiger partial charge in [-0.25, -0.2) is 0 Å². The minimum absolute atomic E-state index is 0.0398. The normalized spacial score (nSPS) is 27.2. The summed E-state index contributed by atoms with van der Waals surface area (Å²) in [6.45, 7) is 5.76. The summed E-state index contributed by atoms with van der Waals surface area (Å²) in [5.74, 6) is -0.943. The van der Waals surface area contributed by atoms with Gasteiger partial charge >= 0.3 is 6.18 Å². The molecular formula is C28H35F3N4O2. The van der Waals surface area contributed by atoms with Gasteiger partial charge in [-0.1, -0.05) is 38.1 Å². The largest absolute Gasteiger partial charge is 0.414 e. The van der Waals surface area contributed by atoms with E-state index >= 15 is 0 Å². The van der Waals surface area contributed by atoms with Crippen molar-refractivity contribution in [2.75, 3.05) is 32.1 Å². The molecule has 2 fully saturated rings. The molecule has 1 aromatic heterocycles. The first kappa shape index (κ1) is 26.0. The van der Waals surface area contributed by atoms with Crippen LogP contribution < -0.4 is 5.32 Å². The minimum Gasteiger partial charge on any atom is -0.395 e. The van der Waals surface area contributed by atoms with Crippen LogP contribution in [0.25, 0.3) is 0 Å². The van der Waals surface area contributed by atoms with Crippen molar-refractivity contribution in [1.29, 1.82) is 0 Å². The number of aliphatic hydroxyl groups excluding tert-OH is 1. The number of likely N-dealkylation sites (tertiary alicyclic amines) is 1. The molecule has 1 saturated heterocycles. The lowest BCUT2D eigenvalue weighted by atomic mass is 9.61.